The summed E-state index contributed by atoms with van der Waals surface area (Å²) in [4.78, 5) is 14.4. The number of hydrogen-bond acceptors (Lipinski definition) is 2. The van der Waals surface area contributed by atoms with Gasteiger partial charge in [-0.1, -0.05) is 19.9 Å². The fourth-order valence-electron chi connectivity index (χ4n) is 2.78. The monoisotopic (exact) mass is 246 g/mol. The Morgan fingerprint density at radius 1 is 1.28 bits per heavy atom. The molecule has 1 aromatic carbocycles. The lowest BCUT2D eigenvalue weighted by Gasteiger charge is -2.35. The van der Waals surface area contributed by atoms with Crippen LogP contribution in [0.2, 0.25) is 0 Å². The van der Waals surface area contributed by atoms with E-state index in [4.69, 9.17) is 5.73 Å². The Morgan fingerprint density at radius 3 is 2.44 bits per heavy atom. The molecular weight excluding hydrogens is 224 g/mol. The van der Waals surface area contributed by atoms with Crippen molar-refractivity contribution in [2.75, 3.05) is 18.8 Å². The number of aryl methyl sites for hydroxylation is 1. The van der Waals surface area contributed by atoms with E-state index in [2.05, 4.69) is 13.8 Å². The van der Waals surface area contributed by atoms with Crippen molar-refractivity contribution in [1.82, 2.24) is 4.90 Å². The van der Waals surface area contributed by atoms with Gasteiger partial charge in [0, 0.05) is 24.3 Å². The molecule has 1 aliphatic heterocycles. The Balaban J connectivity index is 2.17. The molecule has 0 aromatic heterocycles. The third-order valence-electron chi connectivity index (χ3n) is 3.68. The van der Waals surface area contributed by atoms with Crippen molar-refractivity contribution >= 4 is 11.6 Å². The lowest BCUT2D eigenvalue weighted by atomic mass is 9.91. The molecule has 2 N–H and O–H groups in total. The van der Waals surface area contributed by atoms with Crippen molar-refractivity contribution < 1.29 is 4.79 Å². The Kier molecular flexibility index (Phi) is 3.60. The van der Waals surface area contributed by atoms with Gasteiger partial charge in [-0.15, -0.1) is 0 Å². The summed E-state index contributed by atoms with van der Waals surface area (Å²) >= 11 is 0. The maximum absolute atomic E-state index is 12.4. The number of anilines is 1. The second kappa shape index (κ2) is 5.01. The zero-order valence-electron chi connectivity index (χ0n) is 11.4. The van der Waals surface area contributed by atoms with Crippen molar-refractivity contribution in [3.05, 3.63) is 29.3 Å². The van der Waals surface area contributed by atoms with Crippen molar-refractivity contribution in [1.29, 1.82) is 0 Å². The molecule has 1 saturated heterocycles. The Morgan fingerprint density at radius 2 is 1.89 bits per heavy atom. The molecule has 3 heteroatoms. The zero-order valence-corrected chi connectivity index (χ0v) is 11.4. The van der Waals surface area contributed by atoms with Crippen LogP contribution in [0, 0.1) is 18.8 Å². The highest BCUT2D eigenvalue weighted by atomic mass is 16.2. The summed E-state index contributed by atoms with van der Waals surface area (Å²) in [5, 5.41) is 0. The summed E-state index contributed by atoms with van der Waals surface area (Å²) < 4.78 is 0. The average Bonchev–Trinajstić information content (AvgIpc) is 2.30. The molecule has 0 unspecified atom stereocenters. The molecule has 18 heavy (non-hydrogen) atoms. The first-order valence-electron chi connectivity index (χ1n) is 6.62. The van der Waals surface area contributed by atoms with Gasteiger partial charge in [0.1, 0.15) is 0 Å². The number of likely N-dealkylation sites (tertiary alicyclic amines) is 1. The molecule has 2 rings (SSSR count). The number of amides is 1. The van der Waals surface area contributed by atoms with Crippen LogP contribution in [-0.2, 0) is 0 Å². The Labute approximate surface area is 109 Å². The second-order valence-corrected chi connectivity index (χ2v) is 5.73. The van der Waals surface area contributed by atoms with E-state index in [-0.39, 0.29) is 5.91 Å². The van der Waals surface area contributed by atoms with Crippen LogP contribution in [0.3, 0.4) is 0 Å². The second-order valence-electron chi connectivity index (χ2n) is 5.73. The minimum atomic E-state index is 0.111. The smallest absolute Gasteiger partial charge is 0.253 e. The van der Waals surface area contributed by atoms with Crippen molar-refractivity contribution in [3.63, 3.8) is 0 Å². The molecule has 0 radical (unpaired) electrons. The van der Waals surface area contributed by atoms with E-state index in [0.29, 0.717) is 23.1 Å². The first kappa shape index (κ1) is 12.9. The molecule has 1 fully saturated rings. The van der Waals surface area contributed by atoms with E-state index in [9.17, 15) is 4.79 Å². The minimum Gasteiger partial charge on any atom is -0.398 e. The molecule has 1 heterocycles. The quantitative estimate of drug-likeness (QED) is 0.774. The molecular formula is C15H22N2O. The van der Waals surface area contributed by atoms with Crippen LogP contribution >= 0.6 is 0 Å². The molecule has 3 nitrogen and oxygen atoms in total. The van der Waals surface area contributed by atoms with Gasteiger partial charge in [0.05, 0.1) is 0 Å². The summed E-state index contributed by atoms with van der Waals surface area (Å²) in [7, 11) is 0. The summed E-state index contributed by atoms with van der Waals surface area (Å²) in [5.74, 6) is 1.28. The Bertz CT molecular complexity index is 446. The van der Waals surface area contributed by atoms with Crippen LogP contribution < -0.4 is 5.73 Å². The lowest BCUT2D eigenvalue weighted by Crippen LogP contribution is -2.42. The van der Waals surface area contributed by atoms with Crippen LogP contribution in [0.15, 0.2) is 18.2 Å². The number of carbonyl (C=O) groups is 1. The van der Waals surface area contributed by atoms with E-state index >= 15 is 0 Å². The first-order valence-corrected chi connectivity index (χ1v) is 6.62. The fourth-order valence-corrected chi connectivity index (χ4v) is 2.78. The van der Waals surface area contributed by atoms with E-state index < -0.39 is 0 Å². The topological polar surface area (TPSA) is 46.3 Å². The van der Waals surface area contributed by atoms with Crippen LogP contribution in [0.4, 0.5) is 5.69 Å². The molecule has 98 valence electrons. The lowest BCUT2D eigenvalue weighted by molar-refractivity contribution is 0.0623. The maximum Gasteiger partial charge on any atom is 0.253 e. The zero-order chi connectivity index (χ0) is 13.3. The van der Waals surface area contributed by atoms with Crippen LogP contribution in [0.5, 0.6) is 0 Å². The van der Waals surface area contributed by atoms with Gasteiger partial charge in [-0.05, 0) is 42.9 Å². The van der Waals surface area contributed by atoms with Gasteiger partial charge in [0.15, 0.2) is 0 Å². The highest BCUT2D eigenvalue weighted by Crippen LogP contribution is 2.23. The number of benzene rings is 1. The van der Waals surface area contributed by atoms with E-state index in [0.717, 1.165) is 18.7 Å². The fraction of sp³-hybridized carbons (Fsp3) is 0.533. The maximum atomic E-state index is 12.4. The summed E-state index contributed by atoms with van der Waals surface area (Å²) in [6.45, 7) is 8.08. The summed E-state index contributed by atoms with van der Waals surface area (Å²) in [6, 6.07) is 5.58. The third-order valence-corrected chi connectivity index (χ3v) is 3.68. The van der Waals surface area contributed by atoms with Gasteiger partial charge >= 0.3 is 0 Å². The number of nitrogens with two attached hydrogens (primary N) is 1. The highest BCUT2D eigenvalue weighted by Gasteiger charge is 2.26. The highest BCUT2D eigenvalue weighted by molar-refractivity contribution is 5.95. The largest absolute Gasteiger partial charge is 0.398 e. The van der Waals surface area contributed by atoms with Crippen LogP contribution in [0.25, 0.3) is 0 Å². The molecule has 0 bridgehead atoms. The molecule has 2 atom stereocenters. The minimum absolute atomic E-state index is 0.111. The number of hydrogen-bond donors (Lipinski definition) is 1. The molecule has 0 saturated carbocycles. The standard InChI is InChI=1S/C15H22N2O/c1-10-6-11(2)9-17(8-10)15(18)13-5-4-12(3)14(16)7-13/h4-5,7,10-11H,6,8-9,16H2,1-3H3/t10-,11+. The number of nitrogens with zero attached hydrogens (tertiary/aromatic N) is 1. The average molecular weight is 246 g/mol. The van der Waals surface area contributed by atoms with E-state index in [1.165, 1.54) is 6.42 Å². The molecule has 1 aromatic rings. The van der Waals surface area contributed by atoms with Gasteiger partial charge in [0.25, 0.3) is 5.91 Å². The van der Waals surface area contributed by atoms with Crippen LogP contribution in [0.1, 0.15) is 36.2 Å². The SMILES string of the molecule is Cc1ccc(C(=O)N2C[C@H](C)C[C@H](C)C2)cc1N. The summed E-state index contributed by atoms with van der Waals surface area (Å²) in [6.07, 6.45) is 1.21. The van der Waals surface area contributed by atoms with Crippen LogP contribution in [-0.4, -0.2) is 23.9 Å². The molecule has 1 aliphatic rings. The van der Waals surface area contributed by atoms with Gasteiger partial charge in [-0.3, -0.25) is 4.79 Å². The number of nitrogen functional groups attached to an aromatic ring is 1. The third kappa shape index (κ3) is 2.66. The molecule has 0 aliphatic carbocycles. The molecule has 0 spiro atoms. The normalized spacial score (nSPS) is 24.1. The molecule has 1 amide bonds. The van der Waals surface area contributed by atoms with E-state index in [1.807, 2.05) is 24.0 Å². The van der Waals surface area contributed by atoms with E-state index in [1.54, 1.807) is 6.07 Å². The predicted molar refractivity (Wildman–Crippen MR) is 74.4 cm³/mol. The first-order chi connectivity index (χ1) is 8.47. The Hall–Kier alpha value is -1.51. The van der Waals surface area contributed by atoms with Gasteiger partial charge in [-0.2, -0.15) is 0 Å². The van der Waals surface area contributed by atoms with Crippen molar-refractivity contribution in [2.45, 2.75) is 27.2 Å². The predicted octanol–water partition coefficient (Wildman–Crippen LogP) is 2.70. The number of carbonyl (C=O) groups excluding carboxylic acids is 1. The number of rotatable bonds is 1. The van der Waals surface area contributed by atoms with Gasteiger partial charge in [0.2, 0.25) is 0 Å². The van der Waals surface area contributed by atoms with Gasteiger partial charge < -0.3 is 10.6 Å². The van der Waals surface area contributed by atoms with Gasteiger partial charge in [-0.25, -0.2) is 0 Å². The van der Waals surface area contributed by atoms with Crippen molar-refractivity contribution in [3.8, 4) is 0 Å². The number of piperidine rings is 1. The summed E-state index contributed by atoms with van der Waals surface area (Å²) in [5.41, 5.74) is 8.29. The van der Waals surface area contributed by atoms with Crippen molar-refractivity contribution in [2.24, 2.45) is 11.8 Å².